The average molecular weight is 292 g/mol. The third-order valence-corrected chi connectivity index (χ3v) is 4.01. The number of imide groups is 1. The van der Waals surface area contributed by atoms with Crippen LogP contribution in [0, 0.1) is 0 Å². The van der Waals surface area contributed by atoms with Crippen molar-refractivity contribution in [1.82, 2.24) is 4.90 Å². The minimum Gasteiger partial charge on any atom is -0.266 e. The summed E-state index contributed by atoms with van der Waals surface area (Å²) < 4.78 is 0. The standard InChI is InChI=1S/C17H13N3O2/c1-11-7-8-13-14(9-11)20-15(10-18-13)16(21)19(17(20)22)12-5-3-2-4-6-12/h2-10,14H,1H3/p+1. The Morgan fingerprint density at radius 3 is 2.64 bits per heavy atom. The molecule has 5 nitrogen and oxygen atoms in total. The molecular weight excluding hydrogens is 278 g/mol. The maximum absolute atomic E-state index is 12.8. The number of carbonyl (C=O) groups excluding carboxylic acids is 2. The number of para-hydroxylation sites is 1. The van der Waals surface area contributed by atoms with Crippen LogP contribution < -0.4 is 9.89 Å². The SMILES string of the molecule is CC1=CC2C(=[NH+]C=C3C(=O)N(c4ccccc4)C(=O)N32)C=C1. The number of nitrogens with one attached hydrogen (secondary N) is 1. The number of amides is 3. The molecule has 2 aliphatic heterocycles. The van der Waals surface area contributed by atoms with E-state index in [0.29, 0.717) is 11.4 Å². The van der Waals surface area contributed by atoms with Gasteiger partial charge in [-0.2, -0.15) is 0 Å². The number of hydrogen-bond donors (Lipinski definition) is 1. The number of rotatable bonds is 1. The van der Waals surface area contributed by atoms with Gasteiger partial charge in [0.2, 0.25) is 5.71 Å². The Hall–Kier alpha value is -2.95. The molecule has 0 aromatic heterocycles. The molecule has 0 saturated carbocycles. The minimum atomic E-state index is -0.314. The van der Waals surface area contributed by atoms with Gasteiger partial charge in [-0.15, -0.1) is 0 Å². The van der Waals surface area contributed by atoms with Gasteiger partial charge < -0.3 is 0 Å². The van der Waals surface area contributed by atoms with Gasteiger partial charge in [0.15, 0.2) is 11.9 Å². The van der Waals surface area contributed by atoms with Crippen LogP contribution in [0.25, 0.3) is 0 Å². The smallest absolute Gasteiger partial charge is 0.266 e. The molecule has 5 heteroatoms. The van der Waals surface area contributed by atoms with E-state index < -0.39 is 0 Å². The van der Waals surface area contributed by atoms with Crippen LogP contribution in [0.1, 0.15) is 6.92 Å². The molecule has 1 aromatic carbocycles. The molecular formula is C17H14N3O2+. The summed E-state index contributed by atoms with van der Waals surface area (Å²) in [4.78, 5) is 31.3. The predicted octanol–water partition coefficient (Wildman–Crippen LogP) is 0.717. The molecule has 108 valence electrons. The van der Waals surface area contributed by atoms with E-state index in [2.05, 4.69) is 4.99 Å². The number of urea groups is 1. The fourth-order valence-corrected chi connectivity index (χ4v) is 2.93. The molecule has 1 aromatic rings. The Labute approximate surface area is 127 Å². The highest BCUT2D eigenvalue weighted by Gasteiger charge is 2.49. The predicted molar refractivity (Wildman–Crippen MR) is 81.9 cm³/mol. The summed E-state index contributed by atoms with van der Waals surface area (Å²) in [5.41, 5.74) is 2.92. The molecule has 0 radical (unpaired) electrons. The lowest BCUT2D eigenvalue weighted by molar-refractivity contribution is -0.379. The molecule has 1 atom stereocenters. The summed E-state index contributed by atoms with van der Waals surface area (Å²) in [7, 11) is 0. The van der Waals surface area contributed by atoms with Crippen LogP contribution in [0.3, 0.4) is 0 Å². The zero-order chi connectivity index (χ0) is 15.3. The average Bonchev–Trinajstić information content (AvgIpc) is 2.79. The van der Waals surface area contributed by atoms with Crippen molar-refractivity contribution < 1.29 is 14.6 Å². The first-order valence-corrected chi connectivity index (χ1v) is 7.09. The molecule has 3 aliphatic rings. The Morgan fingerprint density at radius 1 is 1.09 bits per heavy atom. The second-order valence-electron chi connectivity index (χ2n) is 5.45. The van der Waals surface area contributed by atoms with Crippen LogP contribution in [0.4, 0.5) is 10.5 Å². The van der Waals surface area contributed by atoms with Gasteiger partial charge in [-0.25, -0.2) is 14.7 Å². The van der Waals surface area contributed by atoms with E-state index in [-0.39, 0.29) is 18.0 Å². The molecule has 22 heavy (non-hydrogen) atoms. The quantitative estimate of drug-likeness (QED) is 0.775. The van der Waals surface area contributed by atoms with Gasteiger partial charge in [0.05, 0.1) is 5.69 Å². The molecule has 2 heterocycles. The van der Waals surface area contributed by atoms with Crippen molar-refractivity contribution in [3.05, 3.63) is 66.0 Å². The first kappa shape index (κ1) is 12.8. The van der Waals surface area contributed by atoms with E-state index in [9.17, 15) is 9.59 Å². The molecule has 1 N–H and O–H groups in total. The largest absolute Gasteiger partial charge is 0.337 e. The third kappa shape index (κ3) is 1.69. The van der Waals surface area contributed by atoms with E-state index in [0.717, 1.165) is 11.3 Å². The lowest BCUT2D eigenvalue weighted by Gasteiger charge is -2.26. The van der Waals surface area contributed by atoms with Crippen molar-refractivity contribution in [3.8, 4) is 0 Å². The Balaban J connectivity index is 1.79. The highest BCUT2D eigenvalue weighted by molar-refractivity contribution is 6.28. The maximum atomic E-state index is 12.8. The number of fused-ring (bicyclic) bond motifs is 3. The van der Waals surface area contributed by atoms with Crippen LogP contribution in [0.15, 0.2) is 66.0 Å². The van der Waals surface area contributed by atoms with Gasteiger partial charge in [0.25, 0.3) is 5.91 Å². The Bertz CT molecular complexity index is 802. The summed E-state index contributed by atoms with van der Waals surface area (Å²) in [6.45, 7) is 1.97. The molecule has 4 rings (SSSR count). The van der Waals surface area contributed by atoms with E-state index in [4.69, 9.17) is 0 Å². The van der Waals surface area contributed by atoms with Crippen molar-refractivity contribution >= 4 is 23.3 Å². The molecule has 0 bridgehead atoms. The van der Waals surface area contributed by atoms with Crippen LogP contribution in [-0.4, -0.2) is 28.6 Å². The highest BCUT2D eigenvalue weighted by Crippen LogP contribution is 2.30. The van der Waals surface area contributed by atoms with Crippen molar-refractivity contribution in [2.75, 3.05) is 4.90 Å². The molecule has 0 spiro atoms. The molecule has 3 amide bonds. The van der Waals surface area contributed by atoms with Crippen LogP contribution in [0.2, 0.25) is 0 Å². The van der Waals surface area contributed by atoms with Gasteiger partial charge in [-0.05, 0) is 25.1 Å². The van der Waals surface area contributed by atoms with Gasteiger partial charge in [-0.1, -0.05) is 29.8 Å². The first-order valence-electron chi connectivity index (χ1n) is 7.09. The lowest BCUT2D eigenvalue weighted by Crippen LogP contribution is -2.74. The van der Waals surface area contributed by atoms with E-state index in [1.54, 1.807) is 23.2 Å². The maximum Gasteiger partial charge on any atom is 0.337 e. The van der Waals surface area contributed by atoms with E-state index >= 15 is 0 Å². The summed E-state index contributed by atoms with van der Waals surface area (Å²) in [6.07, 6.45) is 7.51. The highest BCUT2D eigenvalue weighted by atomic mass is 16.2. The van der Waals surface area contributed by atoms with E-state index in [1.807, 2.05) is 43.4 Å². The Morgan fingerprint density at radius 2 is 1.86 bits per heavy atom. The lowest BCUT2D eigenvalue weighted by atomic mass is 9.99. The zero-order valence-electron chi connectivity index (χ0n) is 12.0. The zero-order valence-corrected chi connectivity index (χ0v) is 12.0. The second kappa shape index (κ2) is 4.53. The number of benzene rings is 1. The van der Waals surface area contributed by atoms with Gasteiger partial charge in [0.1, 0.15) is 6.04 Å². The van der Waals surface area contributed by atoms with Crippen LogP contribution in [0.5, 0.6) is 0 Å². The van der Waals surface area contributed by atoms with Gasteiger partial charge in [0, 0.05) is 6.08 Å². The summed E-state index contributed by atoms with van der Waals surface area (Å²) in [6, 6.07) is 8.42. The fraction of sp³-hybridized carbons (Fsp3) is 0.118. The van der Waals surface area contributed by atoms with Crippen molar-refractivity contribution in [3.63, 3.8) is 0 Å². The molecule has 1 saturated heterocycles. The summed E-state index contributed by atoms with van der Waals surface area (Å²) >= 11 is 0. The monoisotopic (exact) mass is 292 g/mol. The van der Waals surface area contributed by atoms with Crippen molar-refractivity contribution in [2.45, 2.75) is 13.0 Å². The molecule has 1 fully saturated rings. The number of nitrogens with zero attached hydrogens (tertiary/aromatic N) is 2. The summed E-state index contributed by atoms with van der Waals surface area (Å²) in [5, 5.41) is 0. The number of hydrogen-bond acceptors (Lipinski definition) is 2. The fourth-order valence-electron chi connectivity index (χ4n) is 2.93. The van der Waals surface area contributed by atoms with Gasteiger partial charge >= 0.3 is 6.03 Å². The van der Waals surface area contributed by atoms with Crippen LogP contribution in [-0.2, 0) is 4.79 Å². The normalized spacial score (nSPS) is 23.0. The third-order valence-electron chi connectivity index (χ3n) is 4.01. The van der Waals surface area contributed by atoms with Crippen molar-refractivity contribution in [1.29, 1.82) is 0 Å². The Kier molecular flexibility index (Phi) is 2.63. The summed E-state index contributed by atoms with van der Waals surface area (Å²) in [5.74, 6) is -0.302. The first-order chi connectivity index (χ1) is 10.7. The minimum absolute atomic E-state index is 0.254. The molecule has 1 unspecified atom stereocenters. The number of allylic oxidation sites excluding steroid dienone is 2. The number of carbonyl (C=O) groups is 2. The van der Waals surface area contributed by atoms with Crippen LogP contribution >= 0.6 is 0 Å². The van der Waals surface area contributed by atoms with E-state index in [1.165, 1.54) is 4.90 Å². The second-order valence-corrected chi connectivity index (χ2v) is 5.45. The topological polar surface area (TPSA) is 54.6 Å². The molecule has 1 aliphatic carbocycles. The number of anilines is 1. The van der Waals surface area contributed by atoms with Crippen molar-refractivity contribution in [2.24, 2.45) is 0 Å². The van der Waals surface area contributed by atoms with Gasteiger partial charge in [-0.3, -0.25) is 9.69 Å².